The normalized spacial score (nSPS) is 18.4. The molecule has 89 heavy (non-hydrogen) atoms. The maximum atomic E-state index is 16.8. The van der Waals surface area contributed by atoms with Gasteiger partial charge in [-0.3, -0.25) is 14.4 Å². The SMILES string of the molecule is C=CC(=O)Cl.C=CC(=O)N1C[C@H](C)N(c2nc(N3CC(N(C)C)C3)nc3c(F)c(-c4c(C)ccc5sncc45)c(Cl)cc23)C[C@H]1C.Cc1ccc2sncc2c1-c1c(Cl)cc2c(N3C[C@@H](C)CC[C@@H]3C)nc(N3CC(N(C)C)C3)nc2c1F.O=CO[O-].[H-].[Na+].[Na+]. The summed E-state index contributed by atoms with van der Waals surface area (Å²) in [5.41, 5.74) is 4.68. The summed E-state index contributed by atoms with van der Waals surface area (Å²) in [5, 5.41) is 11.6. The predicted molar refractivity (Wildman–Crippen MR) is 348 cm³/mol. The Hall–Kier alpha value is -4.76. The Morgan fingerprint density at radius 3 is 1.47 bits per heavy atom. The molecule has 12 rings (SSSR count). The summed E-state index contributed by atoms with van der Waals surface area (Å²) in [6.07, 6.45) is 8.23. The van der Waals surface area contributed by atoms with Crippen LogP contribution in [0.3, 0.4) is 0 Å². The minimum Gasteiger partial charge on any atom is -1.00 e. The molecule has 8 heterocycles. The van der Waals surface area contributed by atoms with Gasteiger partial charge in [-0.1, -0.05) is 55.4 Å². The molecule has 4 atom stereocenters. The first-order chi connectivity index (χ1) is 41.5. The molecule has 0 N–H and O–H groups in total. The summed E-state index contributed by atoms with van der Waals surface area (Å²) in [4.78, 5) is 67.9. The van der Waals surface area contributed by atoms with Gasteiger partial charge in [0.2, 0.25) is 23.0 Å². The Labute approximate surface area is 586 Å². The van der Waals surface area contributed by atoms with Crippen molar-refractivity contribution in [2.24, 2.45) is 5.92 Å². The van der Waals surface area contributed by atoms with Crippen LogP contribution in [-0.4, -0.2) is 165 Å². The van der Waals surface area contributed by atoms with Crippen molar-refractivity contribution in [3.8, 4) is 22.3 Å². The monoisotopic (exact) mass is 1330 g/mol. The van der Waals surface area contributed by atoms with E-state index in [1.807, 2.05) is 56.0 Å². The molecule has 4 aliphatic rings. The molecule has 0 saturated carbocycles. The molecule has 0 aliphatic carbocycles. The van der Waals surface area contributed by atoms with Crippen molar-refractivity contribution in [1.82, 2.24) is 43.4 Å². The summed E-state index contributed by atoms with van der Waals surface area (Å²) in [7, 11) is 8.28. The first kappa shape index (κ1) is 71.7. The van der Waals surface area contributed by atoms with Gasteiger partial charge in [0, 0.05) is 121 Å². The summed E-state index contributed by atoms with van der Waals surface area (Å²) < 4.78 is 44.2. The second-order valence-electron chi connectivity index (χ2n) is 23.0. The van der Waals surface area contributed by atoms with E-state index >= 15 is 8.78 Å². The molecule has 0 radical (unpaired) electrons. The van der Waals surface area contributed by atoms with E-state index in [1.54, 1.807) is 18.5 Å². The molecule has 4 aliphatic heterocycles. The van der Waals surface area contributed by atoms with E-state index in [0.29, 0.717) is 92.3 Å². The van der Waals surface area contributed by atoms with Gasteiger partial charge < -0.3 is 45.9 Å². The molecule has 0 unspecified atom stereocenters. The van der Waals surface area contributed by atoms with Gasteiger partial charge in [0.1, 0.15) is 22.7 Å². The second kappa shape index (κ2) is 30.8. The Morgan fingerprint density at radius 2 is 1.08 bits per heavy atom. The molecule has 4 aromatic heterocycles. The molecule has 462 valence electrons. The Morgan fingerprint density at radius 1 is 0.652 bits per heavy atom. The van der Waals surface area contributed by atoms with E-state index in [-0.39, 0.29) is 90.5 Å². The molecule has 18 nitrogen and oxygen atoms in total. The van der Waals surface area contributed by atoms with Gasteiger partial charge in [-0.05, 0) is 175 Å². The number of hydrogen-bond donors (Lipinski definition) is 0. The number of rotatable bonds is 11. The molecule has 0 spiro atoms. The molecular weight excluding hydrogens is 1260 g/mol. The minimum absolute atomic E-state index is 0. The number of aromatic nitrogens is 6. The number of aryl methyl sites for hydroxylation is 2. The molecule has 4 aromatic carbocycles. The largest absolute Gasteiger partial charge is 1.00 e. The summed E-state index contributed by atoms with van der Waals surface area (Å²) in [6, 6.07) is 12.6. The third kappa shape index (κ3) is 15.0. The smallest absolute Gasteiger partial charge is 1.00 e. The van der Waals surface area contributed by atoms with Crippen LogP contribution in [0.4, 0.5) is 32.3 Å². The Kier molecular flexibility index (Phi) is 24.8. The van der Waals surface area contributed by atoms with Crippen LogP contribution < -0.4 is 84.0 Å². The molecular formula is C62H70Cl3F2N13Na2O5S2. The molecule has 1 amide bonds. The van der Waals surface area contributed by atoms with E-state index in [2.05, 4.69) is 105 Å². The number of benzene rings is 4. The quantitative estimate of drug-likeness (QED) is 0.0409. The van der Waals surface area contributed by atoms with Crippen LogP contribution in [0.2, 0.25) is 10.0 Å². The zero-order chi connectivity index (χ0) is 62.9. The number of piperidine rings is 1. The van der Waals surface area contributed by atoms with Gasteiger partial charge in [-0.25, -0.2) is 18.7 Å². The number of piperazine rings is 1. The number of hydrogen-bond acceptors (Lipinski definition) is 19. The van der Waals surface area contributed by atoms with Crippen molar-refractivity contribution < 1.29 is 93.9 Å². The van der Waals surface area contributed by atoms with Crippen LogP contribution in [0, 0.1) is 31.4 Å². The second-order valence-corrected chi connectivity index (χ2v) is 25.9. The van der Waals surface area contributed by atoms with Gasteiger partial charge >= 0.3 is 59.1 Å². The molecule has 4 fully saturated rings. The topological polar surface area (TPSA) is 184 Å². The summed E-state index contributed by atoms with van der Waals surface area (Å²) >= 11 is 21.3. The Balaban J connectivity index is 0.000000246. The standard InChI is InChI=1S/C30H33ClFN7OS.C28H32ClFN6S.C3H3ClO.CH2O3.2Na.H/c1-7-24(40)38-12-18(4)39(13-17(38)3)29-20-10-22(31)26(25-16(2)8-9-23-21(25)11-33-41-23)27(32)28(20)34-30(35-29)37-14-19(15-37)36(5)6;1-15-6-8-17(3)36(12-15)27-19-10-21(29)24(23-16(2)7-9-22-20(23)11-31-37-22)25(30)26(19)32-28(33-27)35-13-18(14-35)34(4)5;1-2-3(4)5;2-1-4-3;;;/h7-11,17-19H,1,12-15H2,2-6H3;7,9-11,15,17-18H,6,8,12-14H2,1-5H3;2H,1H2;1,3H;;;/q;;;;2*+1;-1/p-1/t17-,18+;15-,17-;;;;;/m10...../s1. The van der Waals surface area contributed by atoms with Crippen LogP contribution in [0.5, 0.6) is 0 Å². The molecule has 0 bridgehead atoms. The van der Waals surface area contributed by atoms with Crippen LogP contribution in [0.1, 0.15) is 53.1 Å². The van der Waals surface area contributed by atoms with Crippen LogP contribution in [0.25, 0.3) is 64.2 Å². The maximum absolute atomic E-state index is 16.8. The van der Waals surface area contributed by atoms with E-state index in [1.165, 1.54) is 35.6 Å². The Bertz CT molecular complexity index is 3940. The van der Waals surface area contributed by atoms with Crippen molar-refractivity contribution in [1.29, 1.82) is 0 Å². The fourth-order valence-electron chi connectivity index (χ4n) is 11.6. The van der Waals surface area contributed by atoms with Crippen molar-refractivity contribution in [3.63, 3.8) is 0 Å². The number of fused-ring (bicyclic) bond motifs is 4. The number of carbonyl (C=O) groups excluding carboxylic acids is 3. The molecule has 4 saturated heterocycles. The van der Waals surface area contributed by atoms with Gasteiger partial charge in [0.05, 0.1) is 19.4 Å². The molecule has 27 heteroatoms. The fourth-order valence-corrected chi connectivity index (χ4v) is 13.5. The number of anilines is 4. The van der Waals surface area contributed by atoms with Crippen LogP contribution in [-0.2, 0) is 19.3 Å². The first-order valence-electron chi connectivity index (χ1n) is 28.4. The zero-order valence-electron chi connectivity index (χ0n) is 53.2. The third-order valence-corrected chi connectivity index (χ3v) is 19.0. The maximum Gasteiger partial charge on any atom is 1.00 e. The number of carbonyl (C=O) groups is 3. The number of likely N-dealkylation sites (N-methyl/N-ethyl adjacent to an activating group) is 2. The van der Waals surface area contributed by atoms with Crippen molar-refractivity contribution in [2.45, 2.75) is 84.6 Å². The summed E-state index contributed by atoms with van der Waals surface area (Å²) in [5.74, 6) is 2.08. The van der Waals surface area contributed by atoms with Crippen LogP contribution in [0.15, 0.2) is 74.1 Å². The van der Waals surface area contributed by atoms with E-state index < -0.39 is 16.9 Å². The van der Waals surface area contributed by atoms with Crippen LogP contribution >= 0.6 is 57.9 Å². The number of allylic oxidation sites excluding steroid dienone is 1. The van der Waals surface area contributed by atoms with E-state index in [4.69, 9.17) is 64.8 Å². The van der Waals surface area contributed by atoms with Gasteiger partial charge in [-0.15, -0.1) is 0 Å². The third-order valence-electron chi connectivity index (χ3n) is 16.8. The predicted octanol–water partition coefficient (Wildman–Crippen LogP) is 5.24. The fraction of sp³-hybridized carbons (Fsp3) is 0.403. The zero-order valence-corrected chi connectivity index (χ0v) is 60.1. The average molecular weight is 1330 g/mol. The van der Waals surface area contributed by atoms with Gasteiger partial charge in [-0.2, -0.15) is 18.7 Å². The summed E-state index contributed by atoms with van der Waals surface area (Å²) in [6.45, 7) is 24.1. The van der Waals surface area contributed by atoms with Crippen molar-refractivity contribution >= 4 is 141 Å². The van der Waals surface area contributed by atoms with E-state index in [9.17, 15) is 9.59 Å². The van der Waals surface area contributed by atoms with Gasteiger partial charge in [0.15, 0.2) is 11.6 Å². The first-order valence-corrected chi connectivity index (χ1v) is 31.1. The average Bonchev–Trinajstić information content (AvgIpc) is 0.910. The van der Waals surface area contributed by atoms with E-state index in [0.717, 1.165) is 93.5 Å². The number of amides is 1. The van der Waals surface area contributed by atoms with Crippen molar-refractivity contribution in [3.05, 3.63) is 107 Å². The number of halogens is 5. The number of nitrogens with zero attached hydrogens (tertiary/aromatic N) is 13. The minimum atomic E-state index is -0.509. The van der Waals surface area contributed by atoms with Crippen molar-refractivity contribution in [2.75, 3.05) is 93.6 Å². The molecule has 8 aromatic rings. The van der Waals surface area contributed by atoms with Gasteiger partial charge in [0.25, 0.3) is 6.47 Å².